The lowest BCUT2D eigenvalue weighted by Crippen LogP contribution is -2.35. The van der Waals surface area contributed by atoms with Crippen LogP contribution in [-0.2, 0) is 0 Å². The Kier molecular flexibility index (Phi) is 4.60. The second-order valence-corrected chi connectivity index (χ2v) is 6.66. The molecule has 0 aromatic carbocycles. The van der Waals surface area contributed by atoms with Gasteiger partial charge >= 0.3 is 0 Å². The fourth-order valence-corrected chi connectivity index (χ4v) is 2.90. The van der Waals surface area contributed by atoms with Crippen LogP contribution in [0.15, 0.2) is 0 Å². The molecule has 0 amide bonds. The molecule has 0 bridgehead atoms. The Morgan fingerprint density at radius 1 is 1.06 bits per heavy atom. The van der Waals surface area contributed by atoms with Crippen LogP contribution < -0.4 is 0 Å². The monoisotopic (exact) mass is 241 g/mol. The fraction of sp³-hybridized carbons (Fsp3) is 1.00. The highest BCUT2D eigenvalue weighted by atomic mass is 32.1. The lowest BCUT2D eigenvalue weighted by atomic mass is 9.97. The van der Waals surface area contributed by atoms with Gasteiger partial charge < -0.3 is 4.90 Å². The average molecular weight is 241 g/mol. The molecule has 0 saturated heterocycles. The van der Waals surface area contributed by atoms with Crippen molar-refractivity contribution in [2.24, 2.45) is 23.7 Å². The van der Waals surface area contributed by atoms with Crippen LogP contribution in [-0.4, -0.2) is 30.3 Å². The van der Waals surface area contributed by atoms with E-state index in [-0.39, 0.29) is 0 Å². The molecule has 1 nitrogen and oxygen atoms in total. The van der Waals surface area contributed by atoms with Crippen LogP contribution in [0.4, 0.5) is 0 Å². The number of thiol groups is 1. The van der Waals surface area contributed by atoms with Gasteiger partial charge in [0.15, 0.2) is 0 Å². The summed E-state index contributed by atoms with van der Waals surface area (Å²) in [6.07, 6.45) is 5.92. The van der Waals surface area contributed by atoms with Gasteiger partial charge in [0.2, 0.25) is 0 Å². The summed E-state index contributed by atoms with van der Waals surface area (Å²) in [5, 5.41) is 0. The van der Waals surface area contributed by atoms with Gasteiger partial charge in [-0.1, -0.05) is 13.8 Å². The molecule has 2 aliphatic carbocycles. The first-order valence-corrected chi connectivity index (χ1v) is 7.65. The van der Waals surface area contributed by atoms with Crippen molar-refractivity contribution in [2.45, 2.75) is 39.5 Å². The summed E-state index contributed by atoms with van der Waals surface area (Å²) in [4.78, 5) is 2.75. The molecular formula is C14H27NS. The number of rotatable bonds is 8. The summed E-state index contributed by atoms with van der Waals surface area (Å²) in [5.41, 5.74) is 0. The third-order valence-corrected chi connectivity index (χ3v) is 4.57. The normalized spacial score (nSPS) is 23.1. The number of nitrogens with zero attached hydrogens (tertiary/aromatic N) is 1. The van der Waals surface area contributed by atoms with Crippen LogP contribution in [0.3, 0.4) is 0 Å². The van der Waals surface area contributed by atoms with Gasteiger partial charge in [-0.15, -0.1) is 0 Å². The van der Waals surface area contributed by atoms with E-state index >= 15 is 0 Å². The molecule has 0 spiro atoms. The SMILES string of the molecule is CC(C)C(CS)CN(CC1CC1)CC1CC1. The predicted octanol–water partition coefficient (Wildman–Crippen LogP) is 3.31. The van der Waals surface area contributed by atoms with Gasteiger partial charge in [0.05, 0.1) is 0 Å². The van der Waals surface area contributed by atoms with Crippen molar-refractivity contribution in [1.82, 2.24) is 4.90 Å². The molecule has 16 heavy (non-hydrogen) atoms. The maximum atomic E-state index is 4.52. The van der Waals surface area contributed by atoms with Gasteiger partial charge in [-0.3, -0.25) is 0 Å². The Bertz CT molecular complexity index is 195. The molecule has 2 rings (SSSR count). The lowest BCUT2D eigenvalue weighted by Gasteiger charge is -2.29. The molecule has 0 aliphatic heterocycles. The van der Waals surface area contributed by atoms with E-state index in [0.29, 0.717) is 0 Å². The predicted molar refractivity (Wildman–Crippen MR) is 74.1 cm³/mol. The summed E-state index contributed by atoms with van der Waals surface area (Å²) < 4.78 is 0. The summed E-state index contributed by atoms with van der Waals surface area (Å²) >= 11 is 4.52. The zero-order valence-electron chi connectivity index (χ0n) is 10.9. The average Bonchev–Trinajstić information content (AvgIpc) is 3.08. The zero-order valence-corrected chi connectivity index (χ0v) is 11.8. The Balaban J connectivity index is 1.78. The van der Waals surface area contributed by atoms with E-state index in [4.69, 9.17) is 0 Å². The second-order valence-electron chi connectivity index (χ2n) is 6.29. The van der Waals surface area contributed by atoms with Crippen LogP contribution >= 0.6 is 12.6 Å². The van der Waals surface area contributed by atoms with E-state index in [1.807, 2.05) is 0 Å². The van der Waals surface area contributed by atoms with Gasteiger partial charge in [-0.25, -0.2) is 0 Å². The Labute approximate surface area is 106 Å². The molecule has 0 N–H and O–H groups in total. The van der Waals surface area contributed by atoms with Gasteiger partial charge in [0.1, 0.15) is 0 Å². The molecule has 1 atom stereocenters. The largest absolute Gasteiger partial charge is 0.302 e. The van der Waals surface area contributed by atoms with E-state index in [0.717, 1.165) is 29.4 Å². The zero-order chi connectivity index (χ0) is 11.5. The number of hydrogen-bond donors (Lipinski definition) is 1. The molecule has 2 aliphatic rings. The van der Waals surface area contributed by atoms with E-state index < -0.39 is 0 Å². The Hall–Kier alpha value is 0.310. The summed E-state index contributed by atoms with van der Waals surface area (Å²) in [6, 6.07) is 0. The summed E-state index contributed by atoms with van der Waals surface area (Å²) in [6.45, 7) is 8.70. The molecule has 0 radical (unpaired) electrons. The van der Waals surface area contributed by atoms with Crippen LogP contribution in [0, 0.1) is 23.7 Å². The third kappa shape index (κ3) is 4.29. The third-order valence-electron chi connectivity index (χ3n) is 4.10. The molecule has 94 valence electrons. The maximum Gasteiger partial charge on any atom is 0.00201 e. The molecule has 2 fully saturated rings. The highest BCUT2D eigenvalue weighted by molar-refractivity contribution is 7.80. The van der Waals surface area contributed by atoms with Gasteiger partial charge in [0.25, 0.3) is 0 Å². The van der Waals surface area contributed by atoms with Crippen LogP contribution in [0.25, 0.3) is 0 Å². The Morgan fingerprint density at radius 3 is 1.88 bits per heavy atom. The highest BCUT2D eigenvalue weighted by Crippen LogP contribution is 2.34. The first kappa shape index (κ1) is 12.8. The standard InChI is InChI=1S/C14H27NS/c1-11(2)14(10-16)9-15(7-12-3-4-12)8-13-5-6-13/h11-14,16H,3-10H2,1-2H3. The lowest BCUT2D eigenvalue weighted by molar-refractivity contribution is 0.199. The summed E-state index contributed by atoms with van der Waals surface area (Å²) in [5.74, 6) is 4.67. The minimum atomic E-state index is 0.776. The first-order chi connectivity index (χ1) is 7.69. The van der Waals surface area contributed by atoms with Crippen molar-refractivity contribution in [1.29, 1.82) is 0 Å². The molecule has 0 heterocycles. The molecule has 2 saturated carbocycles. The molecule has 2 heteroatoms. The molecule has 1 unspecified atom stereocenters. The van der Waals surface area contributed by atoms with E-state index in [9.17, 15) is 0 Å². The van der Waals surface area contributed by atoms with Crippen molar-refractivity contribution in [3.05, 3.63) is 0 Å². The van der Waals surface area contributed by atoms with Crippen molar-refractivity contribution in [3.8, 4) is 0 Å². The quantitative estimate of drug-likeness (QED) is 0.638. The molecule has 0 aromatic heterocycles. The highest BCUT2D eigenvalue weighted by Gasteiger charge is 2.30. The molecular weight excluding hydrogens is 214 g/mol. The second kappa shape index (κ2) is 5.77. The Morgan fingerprint density at radius 2 is 1.56 bits per heavy atom. The van der Waals surface area contributed by atoms with E-state index in [2.05, 4.69) is 31.4 Å². The van der Waals surface area contributed by atoms with Crippen LogP contribution in [0.1, 0.15) is 39.5 Å². The van der Waals surface area contributed by atoms with Crippen molar-refractivity contribution in [3.63, 3.8) is 0 Å². The maximum absolute atomic E-state index is 4.52. The minimum Gasteiger partial charge on any atom is -0.302 e. The smallest absolute Gasteiger partial charge is 0.00201 e. The molecule has 0 aromatic rings. The van der Waals surface area contributed by atoms with Gasteiger partial charge in [0, 0.05) is 19.6 Å². The fourth-order valence-electron chi connectivity index (χ4n) is 2.37. The van der Waals surface area contributed by atoms with Gasteiger partial charge in [-0.05, 0) is 55.1 Å². The van der Waals surface area contributed by atoms with Crippen molar-refractivity contribution in [2.75, 3.05) is 25.4 Å². The van der Waals surface area contributed by atoms with E-state index in [1.165, 1.54) is 45.3 Å². The van der Waals surface area contributed by atoms with E-state index in [1.54, 1.807) is 0 Å². The topological polar surface area (TPSA) is 3.24 Å². The summed E-state index contributed by atoms with van der Waals surface area (Å²) in [7, 11) is 0. The minimum absolute atomic E-state index is 0.776. The first-order valence-electron chi connectivity index (χ1n) is 7.02. The van der Waals surface area contributed by atoms with Crippen molar-refractivity contribution < 1.29 is 0 Å². The number of hydrogen-bond acceptors (Lipinski definition) is 2. The van der Waals surface area contributed by atoms with Crippen LogP contribution in [0.2, 0.25) is 0 Å². The van der Waals surface area contributed by atoms with Crippen molar-refractivity contribution >= 4 is 12.6 Å². The van der Waals surface area contributed by atoms with Crippen LogP contribution in [0.5, 0.6) is 0 Å². The van der Waals surface area contributed by atoms with Gasteiger partial charge in [-0.2, -0.15) is 12.6 Å².